The van der Waals surface area contributed by atoms with Crippen molar-refractivity contribution in [3.8, 4) is 5.75 Å². The number of nitrogens with two attached hydrogens (primary N) is 1. The van der Waals surface area contributed by atoms with Crippen LogP contribution in [0, 0.1) is 0 Å². The van der Waals surface area contributed by atoms with Crippen LogP contribution in [0.1, 0.15) is 36.5 Å². The van der Waals surface area contributed by atoms with E-state index < -0.39 is 6.09 Å². The summed E-state index contributed by atoms with van der Waals surface area (Å²) in [7, 11) is 1.61. The third-order valence-electron chi connectivity index (χ3n) is 5.93. The Balaban J connectivity index is 1.57. The van der Waals surface area contributed by atoms with Gasteiger partial charge in [0, 0.05) is 36.7 Å². The number of methoxy groups -OCH3 is 1. The minimum absolute atomic E-state index is 0.0251. The van der Waals surface area contributed by atoms with E-state index in [1.165, 1.54) is 0 Å². The Labute approximate surface area is 215 Å². The van der Waals surface area contributed by atoms with Crippen molar-refractivity contribution in [2.75, 3.05) is 20.3 Å². The largest absolute Gasteiger partial charge is 0.497 e. The summed E-state index contributed by atoms with van der Waals surface area (Å²) in [6.45, 7) is 3.21. The molecule has 9 nitrogen and oxygen atoms in total. The molecule has 3 rings (SSSR count). The first-order chi connectivity index (χ1) is 17.3. The molecule has 0 fully saturated rings. The number of nitrogens with one attached hydrogen (secondary N) is 2. The van der Waals surface area contributed by atoms with Crippen molar-refractivity contribution in [1.82, 2.24) is 15.8 Å². The van der Waals surface area contributed by atoms with E-state index in [-0.39, 0.29) is 31.4 Å². The summed E-state index contributed by atoms with van der Waals surface area (Å²) in [6.07, 6.45) is 0.245. The van der Waals surface area contributed by atoms with Crippen LogP contribution in [0.4, 0.5) is 4.79 Å². The van der Waals surface area contributed by atoms with Crippen molar-refractivity contribution in [2.24, 2.45) is 5.73 Å². The maximum atomic E-state index is 13.1. The normalized spacial score (nSPS) is 13.5. The molecule has 1 aliphatic rings. The van der Waals surface area contributed by atoms with Gasteiger partial charge in [-0.25, -0.2) is 10.2 Å². The summed E-state index contributed by atoms with van der Waals surface area (Å²) in [6, 6.07) is 12.9. The molecule has 1 aliphatic heterocycles. The number of carbonyl (C=O) groups is 3. The molecule has 3 amide bonds. The number of benzene rings is 2. The van der Waals surface area contributed by atoms with Crippen molar-refractivity contribution < 1.29 is 23.9 Å². The van der Waals surface area contributed by atoms with Gasteiger partial charge in [-0.05, 0) is 54.3 Å². The average molecular weight is 515 g/mol. The quantitative estimate of drug-likeness (QED) is 0.423. The second kappa shape index (κ2) is 12.9. The van der Waals surface area contributed by atoms with Crippen LogP contribution in [0.25, 0.3) is 0 Å². The van der Waals surface area contributed by atoms with Crippen LogP contribution in [0.15, 0.2) is 53.6 Å². The number of hydrogen-bond donors (Lipinski definition) is 3. The summed E-state index contributed by atoms with van der Waals surface area (Å²) in [5.41, 5.74) is 12.2. The Bertz CT molecular complexity index is 1150. The Hall–Kier alpha value is -3.56. The minimum Gasteiger partial charge on any atom is -0.497 e. The van der Waals surface area contributed by atoms with E-state index in [4.69, 9.17) is 26.8 Å². The Kier molecular flexibility index (Phi) is 9.72. The molecule has 0 aromatic heterocycles. The maximum Gasteiger partial charge on any atom is 0.404 e. The number of rotatable bonds is 11. The maximum absolute atomic E-state index is 13.1. The van der Waals surface area contributed by atoms with Gasteiger partial charge in [-0.15, -0.1) is 0 Å². The Morgan fingerprint density at radius 2 is 1.94 bits per heavy atom. The summed E-state index contributed by atoms with van der Waals surface area (Å²) in [4.78, 5) is 36.7. The molecule has 0 saturated carbocycles. The molecular formula is C26H31ClN4O5. The first kappa shape index (κ1) is 27.0. The number of hydrazine groups is 1. The number of amides is 3. The highest BCUT2D eigenvalue weighted by Gasteiger charge is 2.26. The summed E-state index contributed by atoms with van der Waals surface area (Å²) >= 11 is 6.13. The van der Waals surface area contributed by atoms with E-state index >= 15 is 0 Å². The average Bonchev–Trinajstić information content (AvgIpc) is 2.85. The lowest BCUT2D eigenvalue weighted by Crippen LogP contribution is -2.46. The molecule has 0 radical (unpaired) electrons. The number of halogens is 1. The predicted molar refractivity (Wildman–Crippen MR) is 136 cm³/mol. The molecule has 1 heterocycles. The molecule has 0 unspecified atom stereocenters. The zero-order chi connectivity index (χ0) is 26.1. The molecule has 2 aromatic rings. The van der Waals surface area contributed by atoms with Crippen LogP contribution < -0.4 is 21.2 Å². The summed E-state index contributed by atoms with van der Waals surface area (Å²) in [5.74, 6) is 0.270. The third-order valence-corrected chi connectivity index (χ3v) is 6.17. The number of nitrogens with zero attached hydrogens (tertiary/aromatic N) is 1. The monoisotopic (exact) mass is 514 g/mol. The lowest BCUT2D eigenvalue weighted by atomic mass is 9.98. The number of carbonyl (C=O) groups excluding carboxylic acids is 3. The van der Waals surface area contributed by atoms with Gasteiger partial charge in [0.1, 0.15) is 5.75 Å². The lowest BCUT2D eigenvalue weighted by Gasteiger charge is -2.30. The van der Waals surface area contributed by atoms with E-state index in [0.29, 0.717) is 36.5 Å². The molecule has 0 aliphatic carbocycles. The molecule has 4 N–H and O–H groups in total. The van der Waals surface area contributed by atoms with Crippen LogP contribution >= 0.6 is 11.6 Å². The number of primary amides is 1. The van der Waals surface area contributed by atoms with Gasteiger partial charge in [0.2, 0.25) is 5.91 Å². The van der Waals surface area contributed by atoms with Crippen LogP contribution in [0.2, 0.25) is 5.02 Å². The molecule has 0 atom stereocenters. The molecule has 0 saturated heterocycles. The van der Waals surface area contributed by atoms with Gasteiger partial charge < -0.3 is 20.5 Å². The van der Waals surface area contributed by atoms with Crippen molar-refractivity contribution in [2.45, 2.75) is 39.3 Å². The van der Waals surface area contributed by atoms with Gasteiger partial charge in [-0.2, -0.15) is 0 Å². The van der Waals surface area contributed by atoms with E-state index in [1.54, 1.807) is 24.3 Å². The van der Waals surface area contributed by atoms with Crippen molar-refractivity contribution in [1.29, 1.82) is 0 Å². The summed E-state index contributed by atoms with van der Waals surface area (Å²) in [5, 5.41) is 4.95. The molecule has 10 heteroatoms. The van der Waals surface area contributed by atoms with Gasteiger partial charge in [0.15, 0.2) is 0 Å². The molecular weight excluding hydrogens is 484 g/mol. The fourth-order valence-corrected chi connectivity index (χ4v) is 4.10. The fourth-order valence-electron chi connectivity index (χ4n) is 3.91. The minimum atomic E-state index is -0.841. The van der Waals surface area contributed by atoms with Crippen molar-refractivity contribution in [3.05, 3.63) is 75.3 Å². The topological polar surface area (TPSA) is 123 Å². The van der Waals surface area contributed by atoms with E-state index in [0.717, 1.165) is 28.0 Å². The molecule has 36 heavy (non-hydrogen) atoms. The highest BCUT2D eigenvalue weighted by atomic mass is 35.5. The standard InChI is InChI=1S/C26H31ClN4O5/c1-17-8-10-31(30-15-18-4-3-5-22(12-18)35-2)25(33)23(17)14-24(32)29-16-20-13-21(27)7-6-19(20)9-11-36-26(28)34/h3-7,12-13,30H,8-11,14-16H2,1-2H3,(H2,28,34)(H,29,32). The van der Waals surface area contributed by atoms with Crippen molar-refractivity contribution in [3.63, 3.8) is 0 Å². The Morgan fingerprint density at radius 3 is 2.69 bits per heavy atom. The molecule has 2 aromatic carbocycles. The second-order valence-corrected chi connectivity index (χ2v) is 8.87. The SMILES string of the molecule is COc1cccc(CNN2CCC(C)=C(CC(=O)NCc3cc(Cl)ccc3CCOC(N)=O)C2=O)c1. The van der Waals surface area contributed by atoms with Crippen LogP contribution in [0.5, 0.6) is 5.75 Å². The highest BCUT2D eigenvalue weighted by molar-refractivity contribution is 6.30. The third kappa shape index (κ3) is 7.73. The van der Waals surface area contributed by atoms with Crippen LogP contribution in [0.3, 0.4) is 0 Å². The van der Waals surface area contributed by atoms with Gasteiger partial charge >= 0.3 is 6.09 Å². The first-order valence-corrected chi connectivity index (χ1v) is 12.0. The second-order valence-electron chi connectivity index (χ2n) is 8.44. The number of ether oxygens (including phenoxy) is 2. The van der Waals surface area contributed by atoms with Crippen molar-refractivity contribution >= 4 is 29.5 Å². The van der Waals surface area contributed by atoms with E-state index in [1.807, 2.05) is 37.3 Å². The highest BCUT2D eigenvalue weighted by Crippen LogP contribution is 2.22. The zero-order valence-corrected chi connectivity index (χ0v) is 21.2. The molecule has 192 valence electrons. The van der Waals surface area contributed by atoms with Crippen LogP contribution in [-0.2, 0) is 33.8 Å². The smallest absolute Gasteiger partial charge is 0.404 e. The Morgan fingerprint density at radius 1 is 1.14 bits per heavy atom. The van der Waals surface area contributed by atoms with E-state index in [2.05, 4.69) is 10.7 Å². The molecule has 0 spiro atoms. The van der Waals surface area contributed by atoms with Gasteiger partial charge in [-0.1, -0.05) is 35.4 Å². The summed E-state index contributed by atoms with van der Waals surface area (Å²) < 4.78 is 10.1. The molecule has 0 bridgehead atoms. The van der Waals surface area contributed by atoms with E-state index in [9.17, 15) is 14.4 Å². The van der Waals surface area contributed by atoms with Gasteiger partial charge in [0.25, 0.3) is 5.91 Å². The van der Waals surface area contributed by atoms with Gasteiger partial charge in [0.05, 0.1) is 20.1 Å². The lowest BCUT2D eigenvalue weighted by molar-refractivity contribution is -0.132. The predicted octanol–water partition coefficient (Wildman–Crippen LogP) is 3.25. The zero-order valence-electron chi connectivity index (χ0n) is 20.4. The van der Waals surface area contributed by atoms with Crippen LogP contribution in [-0.4, -0.2) is 43.2 Å². The fraction of sp³-hybridized carbons (Fsp3) is 0.346. The number of hydrogen-bond acceptors (Lipinski definition) is 6. The van der Waals surface area contributed by atoms with Gasteiger partial charge in [-0.3, -0.25) is 14.6 Å². The first-order valence-electron chi connectivity index (χ1n) is 11.6.